The highest BCUT2D eigenvalue weighted by molar-refractivity contribution is 6.01. The van der Waals surface area contributed by atoms with Crippen LogP contribution in [0.1, 0.15) is 47.5 Å². The summed E-state index contributed by atoms with van der Waals surface area (Å²) in [5.41, 5.74) is -1.34. The first-order valence-corrected chi connectivity index (χ1v) is 7.72. The number of rotatable bonds is 1. The van der Waals surface area contributed by atoms with Gasteiger partial charge in [0.05, 0.1) is 12.1 Å². The molecule has 1 heterocycles. The number of hydrogen-bond donors (Lipinski definition) is 1. The van der Waals surface area contributed by atoms with Gasteiger partial charge in [0.25, 0.3) is 0 Å². The fourth-order valence-electron chi connectivity index (χ4n) is 3.73. The van der Waals surface area contributed by atoms with Gasteiger partial charge in [-0.25, -0.2) is 4.79 Å². The van der Waals surface area contributed by atoms with Gasteiger partial charge in [0, 0.05) is 23.9 Å². The molecule has 2 rings (SSSR count). The number of oxime groups is 1. The number of Topliss-reactive ketones (excluding diaryl/α,β-unsaturated/α-hetero) is 1. The van der Waals surface area contributed by atoms with E-state index in [1.165, 1.54) is 6.21 Å². The standard InChI is InChI=1S/C16H26N2O4/c1-14(2,3)22-13(20)18-7-6-16(10-18)8-11(9-17-21)12(19)15(16,4)5/h9,11,21H,6-8,10H2,1-5H3. The number of likely N-dealkylation sites (tertiary alicyclic amines) is 1. The van der Waals surface area contributed by atoms with Gasteiger partial charge in [-0.15, -0.1) is 5.16 Å². The highest BCUT2D eigenvalue weighted by Gasteiger charge is 2.61. The Morgan fingerprint density at radius 3 is 2.64 bits per heavy atom. The predicted octanol–water partition coefficient (Wildman–Crippen LogP) is 2.69. The summed E-state index contributed by atoms with van der Waals surface area (Å²) >= 11 is 0. The Morgan fingerprint density at radius 1 is 1.45 bits per heavy atom. The summed E-state index contributed by atoms with van der Waals surface area (Å²) < 4.78 is 5.43. The molecule has 1 saturated heterocycles. The van der Waals surface area contributed by atoms with Crippen molar-refractivity contribution in [1.29, 1.82) is 0 Å². The monoisotopic (exact) mass is 310 g/mol. The molecule has 6 heteroatoms. The normalized spacial score (nSPS) is 31.4. The highest BCUT2D eigenvalue weighted by Crippen LogP contribution is 2.57. The molecule has 0 aromatic carbocycles. The van der Waals surface area contributed by atoms with Crippen LogP contribution in [0.4, 0.5) is 4.79 Å². The zero-order valence-corrected chi connectivity index (χ0v) is 14.0. The minimum atomic E-state index is -0.546. The Morgan fingerprint density at radius 2 is 2.09 bits per heavy atom. The van der Waals surface area contributed by atoms with Gasteiger partial charge in [0.1, 0.15) is 11.4 Å². The van der Waals surface area contributed by atoms with Crippen molar-refractivity contribution in [2.75, 3.05) is 13.1 Å². The lowest BCUT2D eigenvalue weighted by Crippen LogP contribution is -2.41. The average Bonchev–Trinajstić information content (AvgIpc) is 2.87. The van der Waals surface area contributed by atoms with E-state index in [0.29, 0.717) is 19.5 Å². The number of carbonyl (C=O) groups is 2. The number of ketones is 1. The molecular formula is C16H26N2O4. The van der Waals surface area contributed by atoms with Gasteiger partial charge in [0.2, 0.25) is 0 Å². The Bertz CT molecular complexity index is 507. The molecule has 2 atom stereocenters. The fraction of sp³-hybridized carbons (Fsp3) is 0.812. The van der Waals surface area contributed by atoms with E-state index in [4.69, 9.17) is 9.94 Å². The lowest BCUT2D eigenvalue weighted by molar-refractivity contribution is -0.128. The molecule has 1 amide bonds. The van der Waals surface area contributed by atoms with E-state index in [1.54, 1.807) is 4.90 Å². The molecule has 1 aliphatic heterocycles. The van der Waals surface area contributed by atoms with Crippen molar-refractivity contribution in [3.8, 4) is 0 Å². The minimum Gasteiger partial charge on any atom is -0.444 e. The van der Waals surface area contributed by atoms with Crippen LogP contribution in [0.3, 0.4) is 0 Å². The van der Waals surface area contributed by atoms with Crippen molar-refractivity contribution >= 4 is 18.1 Å². The molecule has 1 spiro atoms. The van der Waals surface area contributed by atoms with E-state index in [1.807, 2.05) is 34.6 Å². The second kappa shape index (κ2) is 5.25. The smallest absolute Gasteiger partial charge is 0.410 e. The zero-order valence-electron chi connectivity index (χ0n) is 14.0. The lowest BCUT2D eigenvalue weighted by Gasteiger charge is -2.36. The minimum absolute atomic E-state index is 0.0799. The topological polar surface area (TPSA) is 79.2 Å². The third-order valence-corrected chi connectivity index (χ3v) is 5.14. The van der Waals surface area contributed by atoms with Crippen LogP contribution in [0.25, 0.3) is 0 Å². The summed E-state index contributed by atoms with van der Waals surface area (Å²) in [5, 5.41) is 11.8. The number of carbonyl (C=O) groups excluding carboxylic acids is 2. The van der Waals surface area contributed by atoms with Gasteiger partial charge >= 0.3 is 6.09 Å². The molecule has 0 aromatic heterocycles. The third kappa shape index (κ3) is 2.71. The molecule has 2 aliphatic rings. The molecular weight excluding hydrogens is 284 g/mol. The van der Waals surface area contributed by atoms with Gasteiger partial charge in [-0.3, -0.25) is 4.79 Å². The van der Waals surface area contributed by atoms with E-state index in [0.717, 1.165) is 6.42 Å². The molecule has 124 valence electrons. The van der Waals surface area contributed by atoms with Crippen molar-refractivity contribution in [3.63, 3.8) is 0 Å². The van der Waals surface area contributed by atoms with E-state index in [-0.39, 0.29) is 23.2 Å². The molecule has 0 radical (unpaired) electrons. The second-order valence-corrected chi connectivity index (χ2v) is 8.00. The van der Waals surface area contributed by atoms with E-state index < -0.39 is 11.0 Å². The Balaban J connectivity index is 2.17. The molecule has 2 fully saturated rings. The van der Waals surface area contributed by atoms with Gasteiger partial charge < -0.3 is 14.8 Å². The van der Waals surface area contributed by atoms with Crippen LogP contribution in [0.15, 0.2) is 5.16 Å². The molecule has 1 N–H and O–H groups in total. The number of amides is 1. The summed E-state index contributed by atoms with van der Waals surface area (Å²) in [7, 11) is 0. The Hall–Kier alpha value is -1.59. The van der Waals surface area contributed by atoms with E-state index in [9.17, 15) is 9.59 Å². The molecule has 1 saturated carbocycles. The van der Waals surface area contributed by atoms with Crippen LogP contribution in [0, 0.1) is 16.7 Å². The molecule has 0 aromatic rings. The number of nitrogens with zero attached hydrogens (tertiary/aromatic N) is 2. The molecule has 1 aliphatic carbocycles. The van der Waals surface area contributed by atoms with Gasteiger partial charge in [-0.2, -0.15) is 0 Å². The third-order valence-electron chi connectivity index (χ3n) is 5.14. The van der Waals surface area contributed by atoms with Gasteiger partial charge in [-0.05, 0) is 33.6 Å². The van der Waals surface area contributed by atoms with Crippen LogP contribution in [-0.4, -0.2) is 46.9 Å². The Labute approximate surface area is 131 Å². The maximum atomic E-state index is 12.5. The maximum Gasteiger partial charge on any atom is 0.410 e. The van der Waals surface area contributed by atoms with Crippen LogP contribution in [0.2, 0.25) is 0 Å². The first-order valence-electron chi connectivity index (χ1n) is 7.72. The lowest BCUT2D eigenvalue weighted by atomic mass is 9.67. The molecule has 6 nitrogen and oxygen atoms in total. The van der Waals surface area contributed by atoms with Crippen LogP contribution < -0.4 is 0 Å². The van der Waals surface area contributed by atoms with Crippen LogP contribution in [-0.2, 0) is 9.53 Å². The van der Waals surface area contributed by atoms with Crippen LogP contribution in [0.5, 0.6) is 0 Å². The fourth-order valence-corrected chi connectivity index (χ4v) is 3.73. The summed E-state index contributed by atoms with van der Waals surface area (Å²) in [6, 6.07) is 0. The van der Waals surface area contributed by atoms with Crippen molar-refractivity contribution in [2.24, 2.45) is 21.9 Å². The first kappa shape index (κ1) is 16.8. The van der Waals surface area contributed by atoms with Crippen molar-refractivity contribution in [2.45, 2.75) is 53.1 Å². The summed E-state index contributed by atoms with van der Waals surface area (Å²) in [6.45, 7) is 10.5. The predicted molar refractivity (Wildman–Crippen MR) is 82.0 cm³/mol. The molecule has 2 unspecified atom stereocenters. The number of ether oxygens (including phenoxy) is 1. The quantitative estimate of drug-likeness (QED) is 0.459. The summed E-state index contributed by atoms with van der Waals surface area (Å²) in [4.78, 5) is 26.5. The zero-order chi connectivity index (χ0) is 16.8. The molecule has 0 bridgehead atoms. The SMILES string of the molecule is CC(C)(C)OC(=O)N1CCC2(CC(C=NO)C(=O)C2(C)C)C1. The van der Waals surface area contributed by atoms with Gasteiger partial charge in [-0.1, -0.05) is 13.8 Å². The number of hydrogen-bond acceptors (Lipinski definition) is 5. The van der Waals surface area contributed by atoms with Crippen LogP contribution >= 0.6 is 0 Å². The summed E-state index contributed by atoms with van der Waals surface area (Å²) in [6.07, 6.45) is 2.37. The second-order valence-electron chi connectivity index (χ2n) is 8.00. The largest absolute Gasteiger partial charge is 0.444 e. The van der Waals surface area contributed by atoms with Crippen molar-refractivity contribution in [3.05, 3.63) is 0 Å². The highest BCUT2D eigenvalue weighted by atomic mass is 16.6. The average molecular weight is 310 g/mol. The maximum absolute atomic E-state index is 12.5. The van der Waals surface area contributed by atoms with Crippen molar-refractivity contribution < 1.29 is 19.5 Å². The first-order chi connectivity index (χ1) is 10.0. The van der Waals surface area contributed by atoms with E-state index in [2.05, 4.69) is 5.16 Å². The summed E-state index contributed by atoms with van der Waals surface area (Å²) in [5.74, 6) is -0.296. The van der Waals surface area contributed by atoms with Crippen molar-refractivity contribution in [1.82, 2.24) is 4.90 Å². The molecule has 22 heavy (non-hydrogen) atoms. The van der Waals surface area contributed by atoms with E-state index >= 15 is 0 Å². The Kier molecular flexibility index (Phi) is 4.00. The van der Waals surface area contributed by atoms with Gasteiger partial charge in [0.15, 0.2) is 0 Å².